The quantitative estimate of drug-likeness (QED) is 0.143. The maximum Gasteiger partial charge on any atom is 2.00 e. The third-order valence-corrected chi connectivity index (χ3v) is 7.41. The van der Waals surface area contributed by atoms with Gasteiger partial charge in [-0.25, -0.2) is 9.97 Å². The van der Waals surface area contributed by atoms with E-state index < -0.39 is 0 Å². The molecule has 196 valence electrons. The molecule has 0 atom stereocenters. The van der Waals surface area contributed by atoms with Crippen LogP contribution in [0.5, 0.6) is 11.5 Å². The van der Waals surface area contributed by atoms with Crippen LogP contribution < -0.4 is 4.74 Å². The number of nitrogens with zero attached hydrogens (tertiary/aromatic N) is 6. The largest absolute Gasteiger partial charge is 2.00 e. The first kappa shape index (κ1) is 24.7. The summed E-state index contributed by atoms with van der Waals surface area (Å²) >= 11 is 0. The number of pyridine rings is 2. The summed E-state index contributed by atoms with van der Waals surface area (Å²) in [5.74, 6) is 1.17. The average molecular weight is 702 g/mol. The molecule has 40 heavy (non-hydrogen) atoms. The zero-order valence-corrected chi connectivity index (χ0v) is 24.2. The zero-order chi connectivity index (χ0) is 26.3. The Kier molecular flexibility index (Phi) is 5.45. The van der Waals surface area contributed by atoms with Crippen LogP contribution in [-0.4, -0.2) is 28.7 Å². The van der Waals surface area contributed by atoms with Crippen molar-refractivity contribution in [1.29, 1.82) is 0 Å². The molecule has 0 aliphatic rings. The van der Waals surface area contributed by atoms with Crippen LogP contribution in [0.2, 0.25) is 0 Å². The standard InChI is InChI=1S/C32H22N6O.Pt/c1-32(2,3)19-4-7-24-22-8-5-20(15-25(22)29-34-10-12-37(29)28(24)14-19)39-21-6-9-23-26(16-21)30-35-11-13-38(30)31-27(23)17-33-18-36-31;/h4-14,17-18H,1-3H3;/q-2;+2. The van der Waals surface area contributed by atoms with Crippen molar-refractivity contribution in [1.82, 2.24) is 28.7 Å². The summed E-state index contributed by atoms with van der Waals surface area (Å²) in [7, 11) is 0. The third-order valence-electron chi connectivity index (χ3n) is 7.41. The van der Waals surface area contributed by atoms with Gasteiger partial charge in [-0.1, -0.05) is 78.7 Å². The normalized spacial score (nSPS) is 12.2. The Morgan fingerprint density at radius 3 is 2.02 bits per heavy atom. The van der Waals surface area contributed by atoms with E-state index in [1.807, 2.05) is 47.4 Å². The number of fused-ring (bicyclic) bond motifs is 12. The second-order valence-corrected chi connectivity index (χ2v) is 10.8. The Hall–Kier alpha value is -4.35. The average Bonchev–Trinajstić information content (AvgIpc) is 3.63. The van der Waals surface area contributed by atoms with Crippen LogP contribution >= 0.6 is 0 Å². The van der Waals surface area contributed by atoms with E-state index in [2.05, 4.69) is 81.5 Å². The molecular formula is C32H22N6OPt. The molecule has 0 saturated carbocycles. The van der Waals surface area contributed by atoms with E-state index in [4.69, 9.17) is 4.74 Å². The number of hydrogen-bond acceptors (Lipinski definition) is 5. The number of rotatable bonds is 2. The Labute approximate surface area is 243 Å². The summed E-state index contributed by atoms with van der Waals surface area (Å²) in [4.78, 5) is 17.9. The Balaban J connectivity index is 0.00000264. The van der Waals surface area contributed by atoms with Gasteiger partial charge in [-0.3, -0.25) is 9.97 Å². The van der Waals surface area contributed by atoms with E-state index in [1.165, 1.54) is 5.56 Å². The fraction of sp³-hybridized carbons (Fsp3) is 0.125. The summed E-state index contributed by atoms with van der Waals surface area (Å²) in [6, 6.07) is 21.6. The first-order chi connectivity index (χ1) is 19.0. The van der Waals surface area contributed by atoms with E-state index in [-0.39, 0.29) is 26.5 Å². The fourth-order valence-corrected chi connectivity index (χ4v) is 5.46. The molecular weight excluding hydrogens is 679 g/mol. The van der Waals surface area contributed by atoms with Crippen LogP contribution in [-0.2, 0) is 26.5 Å². The van der Waals surface area contributed by atoms with Gasteiger partial charge in [-0.15, -0.1) is 12.1 Å². The van der Waals surface area contributed by atoms with Crippen LogP contribution in [0.3, 0.4) is 0 Å². The van der Waals surface area contributed by atoms with Gasteiger partial charge in [0.15, 0.2) is 0 Å². The minimum absolute atomic E-state index is 0. The minimum atomic E-state index is 0. The van der Waals surface area contributed by atoms with Crippen molar-refractivity contribution in [2.75, 3.05) is 0 Å². The van der Waals surface area contributed by atoms with E-state index in [0.29, 0.717) is 11.5 Å². The molecule has 0 bridgehead atoms. The predicted octanol–water partition coefficient (Wildman–Crippen LogP) is 7.07. The van der Waals surface area contributed by atoms with Gasteiger partial charge in [-0.2, -0.15) is 0 Å². The summed E-state index contributed by atoms with van der Waals surface area (Å²) in [5, 5.41) is 5.90. The number of aromatic nitrogens is 6. The molecule has 0 aliphatic heterocycles. The number of imidazole rings is 2. The second kappa shape index (κ2) is 8.83. The first-order valence-corrected chi connectivity index (χ1v) is 12.8. The zero-order valence-electron chi connectivity index (χ0n) is 21.9. The van der Waals surface area contributed by atoms with Gasteiger partial charge in [0.2, 0.25) is 0 Å². The van der Waals surface area contributed by atoms with E-state index in [0.717, 1.165) is 54.8 Å². The van der Waals surface area contributed by atoms with Gasteiger partial charge in [-0.05, 0) is 22.4 Å². The van der Waals surface area contributed by atoms with E-state index in [1.54, 1.807) is 12.5 Å². The Bertz CT molecular complexity index is 2260. The van der Waals surface area contributed by atoms with Gasteiger partial charge < -0.3 is 13.5 Å². The van der Waals surface area contributed by atoms with Crippen molar-refractivity contribution in [2.45, 2.75) is 26.2 Å². The molecule has 3 aromatic carbocycles. The molecule has 0 aliphatic carbocycles. The van der Waals surface area contributed by atoms with Crippen molar-refractivity contribution < 1.29 is 25.8 Å². The van der Waals surface area contributed by atoms with E-state index >= 15 is 0 Å². The Morgan fingerprint density at radius 2 is 1.32 bits per heavy atom. The molecule has 0 radical (unpaired) electrons. The number of benzene rings is 3. The van der Waals surface area contributed by atoms with Gasteiger partial charge in [0, 0.05) is 53.4 Å². The number of hydrogen-bond donors (Lipinski definition) is 0. The minimum Gasteiger partial charge on any atom is -0.497 e. The maximum absolute atomic E-state index is 6.32. The molecule has 8 aromatic rings. The molecule has 7 nitrogen and oxygen atoms in total. The molecule has 0 unspecified atom stereocenters. The summed E-state index contributed by atoms with van der Waals surface area (Å²) < 4.78 is 10.4. The molecule has 0 spiro atoms. The maximum atomic E-state index is 6.32. The molecule has 0 N–H and O–H groups in total. The molecule has 0 amide bonds. The van der Waals surface area contributed by atoms with Crippen molar-refractivity contribution in [3.05, 3.63) is 97.5 Å². The summed E-state index contributed by atoms with van der Waals surface area (Å²) in [6.45, 7) is 6.69. The molecule has 8 heteroatoms. The number of ether oxygens (including phenoxy) is 1. The monoisotopic (exact) mass is 701 g/mol. The van der Waals surface area contributed by atoms with Gasteiger partial charge in [0.25, 0.3) is 0 Å². The van der Waals surface area contributed by atoms with Crippen molar-refractivity contribution in [3.8, 4) is 11.5 Å². The topological polar surface area (TPSA) is 69.6 Å². The van der Waals surface area contributed by atoms with Crippen molar-refractivity contribution in [2.24, 2.45) is 0 Å². The molecule has 0 fully saturated rings. The molecule has 0 saturated heterocycles. The summed E-state index contributed by atoms with van der Waals surface area (Å²) in [6.07, 6.45) is 10.9. The van der Waals surface area contributed by atoms with Crippen LogP contribution in [0.25, 0.3) is 54.8 Å². The second-order valence-electron chi connectivity index (χ2n) is 10.8. The first-order valence-electron chi connectivity index (χ1n) is 12.8. The van der Waals surface area contributed by atoms with Gasteiger partial charge >= 0.3 is 21.1 Å². The third kappa shape index (κ3) is 3.61. The van der Waals surface area contributed by atoms with Gasteiger partial charge in [0.05, 0.1) is 11.3 Å². The molecule has 5 aromatic heterocycles. The van der Waals surface area contributed by atoms with Crippen LogP contribution in [0.4, 0.5) is 0 Å². The SMILES string of the molecule is CC(C)(C)c1ccc2c3ccc(Oc4[c-]c5c(cc4)c4cncnc4n4ccnc54)[c-]c3c3nccn3c2c1.[Pt+2]. The molecule has 8 rings (SSSR count). The summed E-state index contributed by atoms with van der Waals surface area (Å²) in [5.41, 5.74) is 4.89. The van der Waals surface area contributed by atoms with Crippen LogP contribution in [0, 0.1) is 12.1 Å². The fourth-order valence-electron chi connectivity index (χ4n) is 5.46. The van der Waals surface area contributed by atoms with Gasteiger partial charge in [0.1, 0.15) is 12.0 Å². The molecule has 5 heterocycles. The Morgan fingerprint density at radius 1 is 0.700 bits per heavy atom. The smallest absolute Gasteiger partial charge is 0.497 e. The van der Waals surface area contributed by atoms with E-state index in [9.17, 15) is 0 Å². The predicted molar refractivity (Wildman–Crippen MR) is 152 cm³/mol. The van der Waals surface area contributed by atoms with Crippen LogP contribution in [0.1, 0.15) is 26.3 Å². The van der Waals surface area contributed by atoms with Crippen LogP contribution in [0.15, 0.2) is 79.8 Å². The van der Waals surface area contributed by atoms with Crippen molar-refractivity contribution >= 4 is 54.8 Å². The van der Waals surface area contributed by atoms with Crippen molar-refractivity contribution in [3.63, 3.8) is 0 Å².